The number of aliphatic hydroxyl groups is 1. The summed E-state index contributed by atoms with van der Waals surface area (Å²) >= 11 is 0. The molecule has 1 saturated heterocycles. The minimum atomic E-state index is -3.42. The van der Waals surface area contributed by atoms with Gasteiger partial charge in [-0.1, -0.05) is 0 Å². The van der Waals surface area contributed by atoms with E-state index in [9.17, 15) is 18.3 Å². The Balaban J connectivity index is 2.08. The van der Waals surface area contributed by atoms with Gasteiger partial charge in [-0.25, -0.2) is 17.7 Å². The number of aliphatic hydroxyl groups excluding tert-OH is 1. The van der Waals surface area contributed by atoms with Crippen LogP contribution in [0.2, 0.25) is 0 Å². The Morgan fingerprint density at radius 3 is 2.71 bits per heavy atom. The summed E-state index contributed by atoms with van der Waals surface area (Å²) in [6.45, 7) is 1.90. The lowest BCUT2D eigenvalue weighted by Crippen LogP contribution is -2.33. The van der Waals surface area contributed by atoms with E-state index in [1.54, 1.807) is 6.92 Å². The topological polar surface area (TPSA) is 104 Å². The van der Waals surface area contributed by atoms with E-state index < -0.39 is 22.0 Å². The fourth-order valence-electron chi connectivity index (χ4n) is 2.26. The maximum atomic E-state index is 12.3. The van der Waals surface area contributed by atoms with Gasteiger partial charge in [0.15, 0.2) is 12.1 Å². The van der Waals surface area contributed by atoms with Crippen molar-refractivity contribution in [2.24, 2.45) is 5.92 Å². The number of hydrogen-bond acceptors (Lipinski definition) is 6. The molecule has 1 aromatic rings. The summed E-state index contributed by atoms with van der Waals surface area (Å²) in [6.07, 6.45) is 0.319. The van der Waals surface area contributed by atoms with Crippen molar-refractivity contribution in [3.8, 4) is 0 Å². The van der Waals surface area contributed by atoms with Crippen LogP contribution >= 0.6 is 0 Å². The highest BCUT2D eigenvalue weighted by atomic mass is 32.2. The Morgan fingerprint density at radius 2 is 2.19 bits per heavy atom. The van der Waals surface area contributed by atoms with Crippen molar-refractivity contribution >= 4 is 15.9 Å². The zero-order valence-electron chi connectivity index (χ0n) is 12.2. The van der Waals surface area contributed by atoms with Crippen molar-refractivity contribution in [3.05, 3.63) is 17.8 Å². The summed E-state index contributed by atoms with van der Waals surface area (Å²) in [7, 11) is -0.539. The Hall–Kier alpha value is -1.45. The first-order chi connectivity index (χ1) is 9.72. The number of amides is 1. The molecule has 2 heterocycles. The van der Waals surface area contributed by atoms with Crippen molar-refractivity contribution < 1.29 is 22.7 Å². The van der Waals surface area contributed by atoms with E-state index in [-0.39, 0.29) is 30.4 Å². The van der Waals surface area contributed by atoms with Gasteiger partial charge in [0.25, 0.3) is 5.91 Å². The average molecular weight is 317 g/mol. The molecule has 2 atom stereocenters. The van der Waals surface area contributed by atoms with E-state index in [2.05, 4.69) is 4.98 Å². The zero-order chi connectivity index (χ0) is 15.8. The van der Waals surface area contributed by atoms with Gasteiger partial charge < -0.3 is 14.4 Å². The van der Waals surface area contributed by atoms with E-state index in [1.165, 1.54) is 25.4 Å². The fourth-order valence-corrected chi connectivity index (χ4v) is 3.43. The predicted octanol–water partition coefficient (Wildman–Crippen LogP) is -0.693. The first-order valence-corrected chi connectivity index (χ1v) is 8.11. The smallest absolute Gasteiger partial charge is 0.276 e. The number of rotatable bonds is 4. The second kappa shape index (κ2) is 5.74. The number of aromatic nitrogens is 1. The van der Waals surface area contributed by atoms with E-state index in [4.69, 9.17) is 4.42 Å². The minimum Gasteiger partial charge on any atom is -0.448 e. The van der Waals surface area contributed by atoms with E-state index in [0.29, 0.717) is 5.76 Å². The highest BCUT2D eigenvalue weighted by Crippen LogP contribution is 2.22. The van der Waals surface area contributed by atoms with Crippen LogP contribution in [0.5, 0.6) is 0 Å². The molecular weight excluding hydrogens is 298 g/mol. The number of nitrogens with zero attached hydrogens (tertiary/aromatic N) is 3. The molecule has 1 aliphatic rings. The number of oxazole rings is 1. The normalized spacial score (nSPS) is 23.0. The third-order valence-corrected chi connectivity index (χ3v) is 5.58. The number of aryl methyl sites for hydroxylation is 1. The van der Waals surface area contributed by atoms with Crippen LogP contribution in [-0.4, -0.2) is 72.7 Å². The van der Waals surface area contributed by atoms with Gasteiger partial charge in [-0.05, 0) is 6.92 Å². The molecule has 0 bridgehead atoms. The molecule has 2 rings (SSSR count). The maximum absolute atomic E-state index is 12.3. The molecule has 1 amide bonds. The molecule has 0 radical (unpaired) electrons. The number of carbonyl (C=O) groups excluding carboxylic acids is 1. The fraction of sp³-hybridized carbons (Fsp3) is 0.667. The van der Waals surface area contributed by atoms with Crippen molar-refractivity contribution in [3.63, 3.8) is 0 Å². The van der Waals surface area contributed by atoms with Crippen LogP contribution in [-0.2, 0) is 10.0 Å². The van der Waals surface area contributed by atoms with Crippen molar-refractivity contribution in [2.75, 3.05) is 32.9 Å². The summed E-state index contributed by atoms with van der Waals surface area (Å²) in [5.74, 6) is -0.652. The van der Waals surface area contributed by atoms with Gasteiger partial charge >= 0.3 is 0 Å². The van der Waals surface area contributed by atoms with Crippen LogP contribution in [0.4, 0.5) is 0 Å². The number of β-amino-alcohol motifs (C(OH)–C–C–N with tert-alkyl or cyclic N) is 1. The van der Waals surface area contributed by atoms with Crippen LogP contribution in [0, 0.1) is 12.8 Å². The second-order valence-electron chi connectivity index (χ2n) is 5.36. The standard InChI is InChI=1S/C12H19N3O5S/c1-8-11(13-7-20-8)12(17)15-4-9(10(16)5-15)6-21(18,19)14(2)3/h7,9-10,16H,4-6H2,1-3H3/t9-,10-/m0/s1. The van der Waals surface area contributed by atoms with Gasteiger partial charge in [0.2, 0.25) is 10.0 Å². The molecule has 1 N–H and O–H groups in total. The second-order valence-corrected chi connectivity index (χ2v) is 7.58. The lowest BCUT2D eigenvalue weighted by molar-refractivity contribution is 0.0758. The van der Waals surface area contributed by atoms with Gasteiger partial charge in [-0.2, -0.15) is 0 Å². The monoisotopic (exact) mass is 317 g/mol. The van der Waals surface area contributed by atoms with Crippen molar-refractivity contribution in [1.29, 1.82) is 0 Å². The summed E-state index contributed by atoms with van der Waals surface area (Å²) in [5, 5.41) is 10.00. The molecule has 1 aliphatic heterocycles. The number of sulfonamides is 1. The first-order valence-electron chi connectivity index (χ1n) is 6.50. The molecule has 118 valence electrons. The van der Waals surface area contributed by atoms with Crippen LogP contribution < -0.4 is 0 Å². The Bertz CT molecular complexity index is 625. The van der Waals surface area contributed by atoms with Gasteiger partial charge in [-0.3, -0.25) is 4.79 Å². The van der Waals surface area contributed by atoms with Gasteiger partial charge in [0, 0.05) is 33.1 Å². The molecule has 0 saturated carbocycles. The summed E-state index contributed by atoms with van der Waals surface area (Å²) < 4.78 is 29.9. The molecule has 21 heavy (non-hydrogen) atoms. The first kappa shape index (κ1) is 15.9. The zero-order valence-corrected chi connectivity index (χ0v) is 13.0. The number of hydrogen-bond donors (Lipinski definition) is 1. The molecule has 0 aliphatic carbocycles. The van der Waals surface area contributed by atoms with Gasteiger partial charge in [0.05, 0.1) is 11.9 Å². The largest absolute Gasteiger partial charge is 0.448 e. The molecule has 1 aromatic heterocycles. The van der Waals surface area contributed by atoms with Gasteiger partial charge in [0.1, 0.15) is 5.76 Å². The van der Waals surface area contributed by atoms with Crippen LogP contribution in [0.25, 0.3) is 0 Å². The SMILES string of the molecule is Cc1ocnc1C(=O)N1C[C@@H](CS(=O)(=O)N(C)C)[C@@H](O)C1. The highest BCUT2D eigenvalue weighted by Gasteiger charge is 2.38. The lowest BCUT2D eigenvalue weighted by Gasteiger charge is -2.17. The lowest BCUT2D eigenvalue weighted by atomic mass is 10.1. The minimum absolute atomic E-state index is 0.0960. The number of likely N-dealkylation sites (tertiary alicyclic amines) is 1. The third-order valence-electron chi connectivity index (χ3n) is 3.62. The molecular formula is C12H19N3O5S. The van der Waals surface area contributed by atoms with E-state index in [1.807, 2.05) is 0 Å². The molecule has 1 fully saturated rings. The molecule has 0 aromatic carbocycles. The van der Waals surface area contributed by atoms with Crippen molar-refractivity contribution in [2.45, 2.75) is 13.0 Å². The molecule has 0 spiro atoms. The van der Waals surface area contributed by atoms with E-state index in [0.717, 1.165) is 4.31 Å². The molecule has 9 heteroatoms. The van der Waals surface area contributed by atoms with Crippen molar-refractivity contribution in [1.82, 2.24) is 14.2 Å². The van der Waals surface area contributed by atoms with E-state index >= 15 is 0 Å². The summed E-state index contributed by atoms with van der Waals surface area (Å²) in [4.78, 5) is 17.5. The quantitative estimate of drug-likeness (QED) is 0.788. The summed E-state index contributed by atoms with van der Waals surface area (Å²) in [5.41, 5.74) is 0.193. The number of carbonyl (C=O) groups is 1. The third kappa shape index (κ3) is 3.25. The van der Waals surface area contributed by atoms with Crippen LogP contribution in [0.1, 0.15) is 16.2 Å². The van der Waals surface area contributed by atoms with Crippen LogP contribution in [0.15, 0.2) is 10.8 Å². The Labute approximate surface area is 123 Å². The van der Waals surface area contributed by atoms with Gasteiger partial charge in [-0.15, -0.1) is 0 Å². The Kier molecular flexibility index (Phi) is 4.35. The molecule has 0 unspecified atom stereocenters. The molecule has 8 nitrogen and oxygen atoms in total. The Morgan fingerprint density at radius 1 is 1.52 bits per heavy atom. The maximum Gasteiger partial charge on any atom is 0.276 e. The summed E-state index contributed by atoms with van der Waals surface area (Å²) in [6, 6.07) is 0. The highest BCUT2D eigenvalue weighted by molar-refractivity contribution is 7.89. The predicted molar refractivity (Wildman–Crippen MR) is 74.1 cm³/mol. The average Bonchev–Trinajstić information content (AvgIpc) is 2.95. The van der Waals surface area contributed by atoms with Crippen LogP contribution in [0.3, 0.4) is 0 Å².